The molecule has 0 aliphatic heterocycles. The molecular weight excluding hydrogens is 316 g/mol. The van der Waals surface area contributed by atoms with Crippen LogP contribution in [0.2, 0.25) is 0 Å². The average Bonchev–Trinajstić information content (AvgIpc) is 2.49. The topological polar surface area (TPSA) is 34.1 Å². The Morgan fingerprint density at radius 2 is 1.85 bits per heavy atom. The summed E-state index contributed by atoms with van der Waals surface area (Å²) < 4.78 is 6.29. The van der Waals surface area contributed by atoms with Crippen LogP contribution in [0, 0.1) is 0 Å². The Bertz CT molecular complexity index is 741. The van der Waals surface area contributed by atoms with Gasteiger partial charge in [-0.15, -0.1) is 0 Å². The van der Waals surface area contributed by atoms with Crippen LogP contribution in [0.5, 0.6) is 5.75 Å². The normalized spacial score (nSPS) is 10.5. The zero-order chi connectivity index (χ0) is 13.9. The molecule has 3 rings (SSSR count). The number of aromatic nitrogens is 1. The van der Waals surface area contributed by atoms with Gasteiger partial charge >= 0.3 is 0 Å². The highest BCUT2D eigenvalue weighted by Crippen LogP contribution is 2.28. The Balaban J connectivity index is 2.01. The minimum Gasteiger partial charge on any atom is -0.497 e. The molecule has 0 aliphatic carbocycles. The van der Waals surface area contributed by atoms with Gasteiger partial charge in [0.1, 0.15) is 5.75 Å². The molecule has 20 heavy (non-hydrogen) atoms. The quantitative estimate of drug-likeness (QED) is 0.753. The third-order valence-electron chi connectivity index (χ3n) is 3.07. The van der Waals surface area contributed by atoms with Gasteiger partial charge in [0.2, 0.25) is 0 Å². The summed E-state index contributed by atoms with van der Waals surface area (Å²) in [6.07, 6.45) is 1.79. The van der Waals surface area contributed by atoms with Gasteiger partial charge in [0.25, 0.3) is 0 Å². The first kappa shape index (κ1) is 12.9. The Morgan fingerprint density at radius 1 is 1.05 bits per heavy atom. The van der Waals surface area contributed by atoms with Crippen LogP contribution in [0.4, 0.5) is 11.4 Å². The largest absolute Gasteiger partial charge is 0.497 e. The van der Waals surface area contributed by atoms with Gasteiger partial charge in [-0.2, -0.15) is 0 Å². The van der Waals surface area contributed by atoms with Crippen molar-refractivity contribution < 1.29 is 4.74 Å². The zero-order valence-corrected chi connectivity index (χ0v) is 12.5. The van der Waals surface area contributed by atoms with Gasteiger partial charge in [-0.25, -0.2) is 0 Å². The van der Waals surface area contributed by atoms with Gasteiger partial charge in [0.05, 0.1) is 12.6 Å². The van der Waals surface area contributed by atoms with E-state index in [0.717, 1.165) is 32.5 Å². The van der Waals surface area contributed by atoms with E-state index >= 15 is 0 Å². The van der Waals surface area contributed by atoms with E-state index in [1.165, 1.54) is 0 Å². The molecule has 0 saturated heterocycles. The zero-order valence-electron chi connectivity index (χ0n) is 10.9. The third kappa shape index (κ3) is 2.60. The smallest absolute Gasteiger partial charge is 0.121 e. The minimum absolute atomic E-state index is 0.811. The highest BCUT2D eigenvalue weighted by molar-refractivity contribution is 9.10. The number of nitrogens with one attached hydrogen (secondary N) is 1. The van der Waals surface area contributed by atoms with Crippen molar-refractivity contribution in [1.29, 1.82) is 0 Å². The Morgan fingerprint density at radius 3 is 2.60 bits per heavy atom. The molecule has 1 N–H and O–H groups in total. The molecule has 3 nitrogen and oxygen atoms in total. The molecule has 1 heterocycles. The maximum Gasteiger partial charge on any atom is 0.121 e. The molecule has 0 radical (unpaired) electrons. The fourth-order valence-corrected chi connectivity index (χ4v) is 2.32. The lowest BCUT2D eigenvalue weighted by Gasteiger charge is -2.10. The number of benzene rings is 2. The number of methoxy groups -OCH3 is 1. The van der Waals surface area contributed by atoms with Crippen LogP contribution in [0.1, 0.15) is 0 Å². The Kier molecular flexibility index (Phi) is 3.56. The highest BCUT2D eigenvalue weighted by Gasteiger charge is 2.04. The van der Waals surface area contributed by atoms with Crippen LogP contribution >= 0.6 is 15.9 Å². The van der Waals surface area contributed by atoms with Gasteiger partial charge in [-0.3, -0.25) is 4.98 Å². The molecule has 2 aromatic carbocycles. The van der Waals surface area contributed by atoms with Crippen molar-refractivity contribution in [2.75, 3.05) is 12.4 Å². The van der Waals surface area contributed by atoms with Crippen LogP contribution in [-0.4, -0.2) is 12.1 Å². The second-order valence-electron chi connectivity index (χ2n) is 4.37. The van der Waals surface area contributed by atoms with E-state index in [9.17, 15) is 0 Å². The molecule has 4 heteroatoms. The number of nitrogens with zero attached hydrogens (tertiary/aromatic N) is 1. The van der Waals surface area contributed by atoms with Gasteiger partial charge in [0, 0.05) is 33.5 Å². The first-order valence-corrected chi connectivity index (χ1v) is 7.01. The van der Waals surface area contributed by atoms with Crippen molar-refractivity contribution in [3.05, 3.63) is 59.2 Å². The van der Waals surface area contributed by atoms with E-state index < -0.39 is 0 Å². The molecule has 0 unspecified atom stereocenters. The number of fused-ring (bicyclic) bond motifs is 1. The number of halogens is 1. The lowest BCUT2D eigenvalue weighted by molar-refractivity contribution is 0.415. The van der Waals surface area contributed by atoms with E-state index in [0.29, 0.717) is 0 Å². The van der Waals surface area contributed by atoms with Crippen molar-refractivity contribution in [2.45, 2.75) is 0 Å². The molecule has 1 aromatic heterocycles. The summed E-state index contributed by atoms with van der Waals surface area (Å²) in [6, 6.07) is 15.9. The van der Waals surface area contributed by atoms with Crippen LogP contribution < -0.4 is 10.1 Å². The van der Waals surface area contributed by atoms with Crippen LogP contribution in [0.3, 0.4) is 0 Å². The van der Waals surface area contributed by atoms with Gasteiger partial charge in [-0.05, 0) is 42.5 Å². The molecule has 0 aliphatic rings. The van der Waals surface area contributed by atoms with E-state index in [1.807, 2.05) is 48.5 Å². The molecule has 3 aromatic rings. The van der Waals surface area contributed by atoms with E-state index in [1.54, 1.807) is 13.3 Å². The summed E-state index contributed by atoms with van der Waals surface area (Å²) in [5.74, 6) is 0.811. The molecule has 100 valence electrons. The minimum atomic E-state index is 0.811. The number of hydrogen-bond acceptors (Lipinski definition) is 3. The summed E-state index contributed by atoms with van der Waals surface area (Å²) in [6.45, 7) is 0. The van der Waals surface area contributed by atoms with Crippen molar-refractivity contribution in [1.82, 2.24) is 4.98 Å². The molecular formula is C16H13BrN2O. The number of rotatable bonds is 3. The molecule has 0 saturated carbocycles. The van der Waals surface area contributed by atoms with Crippen molar-refractivity contribution in [3.8, 4) is 5.75 Å². The summed E-state index contributed by atoms with van der Waals surface area (Å²) in [7, 11) is 1.66. The Labute approximate surface area is 125 Å². The first-order valence-electron chi connectivity index (χ1n) is 6.21. The maximum absolute atomic E-state index is 5.23. The lowest BCUT2D eigenvalue weighted by Crippen LogP contribution is -1.93. The standard InChI is InChI=1S/C16H13BrN2O/c1-20-13-6-7-14-15(8-9-18-16(14)10-13)19-12-4-2-11(17)3-5-12/h2-10H,1H3,(H,18,19). The maximum atomic E-state index is 5.23. The molecule has 0 amide bonds. The molecule has 0 atom stereocenters. The van der Waals surface area contributed by atoms with Crippen LogP contribution in [0.25, 0.3) is 10.9 Å². The number of pyridine rings is 1. The Hall–Kier alpha value is -2.07. The van der Waals surface area contributed by atoms with Gasteiger partial charge < -0.3 is 10.1 Å². The van der Waals surface area contributed by atoms with Crippen molar-refractivity contribution in [2.24, 2.45) is 0 Å². The van der Waals surface area contributed by atoms with E-state index in [-0.39, 0.29) is 0 Å². The summed E-state index contributed by atoms with van der Waals surface area (Å²) in [4.78, 5) is 4.38. The number of ether oxygens (including phenoxy) is 1. The SMILES string of the molecule is COc1ccc2c(Nc3ccc(Br)cc3)ccnc2c1. The molecule has 0 bridgehead atoms. The average molecular weight is 329 g/mol. The summed E-state index contributed by atoms with van der Waals surface area (Å²) in [5.41, 5.74) is 2.97. The second kappa shape index (κ2) is 5.51. The van der Waals surface area contributed by atoms with Crippen LogP contribution in [-0.2, 0) is 0 Å². The monoisotopic (exact) mass is 328 g/mol. The third-order valence-corrected chi connectivity index (χ3v) is 3.60. The molecule has 0 fully saturated rings. The predicted octanol–water partition coefficient (Wildman–Crippen LogP) is 4.75. The van der Waals surface area contributed by atoms with Crippen molar-refractivity contribution in [3.63, 3.8) is 0 Å². The highest BCUT2D eigenvalue weighted by atomic mass is 79.9. The summed E-state index contributed by atoms with van der Waals surface area (Å²) >= 11 is 3.43. The number of anilines is 2. The molecule has 0 spiro atoms. The van der Waals surface area contributed by atoms with E-state index in [4.69, 9.17) is 4.74 Å². The summed E-state index contributed by atoms with van der Waals surface area (Å²) in [5, 5.41) is 4.48. The predicted molar refractivity (Wildman–Crippen MR) is 85.7 cm³/mol. The van der Waals surface area contributed by atoms with E-state index in [2.05, 4.69) is 26.2 Å². The second-order valence-corrected chi connectivity index (χ2v) is 5.29. The fraction of sp³-hybridized carbons (Fsp3) is 0.0625. The fourth-order valence-electron chi connectivity index (χ4n) is 2.05. The van der Waals surface area contributed by atoms with Crippen LogP contribution in [0.15, 0.2) is 59.2 Å². The van der Waals surface area contributed by atoms with Gasteiger partial charge in [0.15, 0.2) is 0 Å². The first-order chi connectivity index (χ1) is 9.76. The van der Waals surface area contributed by atoms with Gasteiger partial charge in [-0.1, -0.05) is 15.9 Å². The number of hydrogen-bond donors (Lipinski definition) is 1. The lowest BCUT2D eigenvalue weighted by atomic mass is 10.1. The van der Waals surface area contributed by atoms with Crippen molar-refractivity contribution >= 4 is 38.2 Å².